The van der Waals surface area contributed by atoms with Crippen LogP contribution in [0, 0.1) is 0 Å². The number of nitrogens with zero attached hydrogens (tertiary/aromatic N) is 3. The maximum Gasteiger partial charge on any atom is 0.145 e. The molecular formula is C54H35N3. The van der Waals surface area contributed by atoms with Gasteiger partial charge in [-0.25, -0.2) is 4.98 Å². The zero-order valence-electron chi connectivity index (χ0n) is 31.0. The first-order valence-electron chi connectivity index (χ1n) is 19.4. The van der Waals surface area contributed by atoms with Gasteiger partial charge in [0.05, 0.1) is 16.7 Å². The van der Waals surface area contributed by atoms with Crippen molar-refractivity contribution >= 4 is 43.4 Å². The highest BCUT2D eigenvalue weighted by atomic mass is 15.1. The first-order chi connectivity index (χ1) is 28.3. The number of hydrogen-bond acceptors (Lipinski definition) is 2. The van der Waals surface area contributed by atoms with Crippen molar-refractivity contribution in [1.29, 1.82) is 0 Å². The predicted octanol–water partition coefficient (Wildman–Crippen LogP) is 14.2. The molecule has 3 heteroatoms. The van der Waals surface area contributed by atoms with Gasteiger partial charge in [-0.15, -0.1) is 0 Å². The van der Waals surface area contributed by atoms with Crippen LogP contribution in [-0.2, 0) is 0 Å². The summed E-state index contributed by atoms with van der Waals surface area (Å²) in [6.45, 7) is 0. The lowest BCUT2D eigenvalue weighted by Gasteiger charge is -2.16. The quantitative estimate of drug-likeness (QED) is 0.160. The lowest BCUT2D eigenvalue weighted by atomic mass is 9.88. The van der Waals surface area contributed by atoms with Gasteiger partial charge in [0.2, 0.25) is 0 Å². The van der Waals surface area contributed by atoms with E-state index in [0.29, 0.717) is 0 Å². The Kier molecular flexibility index (Phi) is 7.82. The zero-order chi connectivity index (χ0) is 37.7. The molecule has 266 valence electrons. The second kappa shape index (κ2) is 13.6. The first kappa shape index (κ1) is 32.8. The van der Waals surface area contributed by atoms with E-state index in [0.717, 1.165) is 56.1 Å². The van der Waals surface area contributed by atoms with Crippen molar-refractivity contribution in [1.82, 2.24) is 14.5 Å². The summed E-state index contributed by atoms with van der Waals surface area (Å²) in [5.74, 6) is 0.933. The molecule has 3 nitrogen and oxygen atoms in total. The van der Waals surface area contributed by atoms with Crippen molar-refractivity contribution in [2.45, 2.75) is 0 Å². The Morgan fingerprint density at radius 1 is 0.368 bits per heavy atom. The molecule has 0 saturated heterocycles. The van der Waals surface area contributed by atoms with Gasteiger partial charge >= 0.3 is 0 Å². The van der Waals surface area contributed by atoms with E-state index in [1.807, 2.05) is 18.3 Å². The summed E-state index contributed by atoms with van der Waals surface area (Å²) in [7, 11) is 0. The second-order valence-corrected chi connectivity index (χ2v) is 14.6. The Bertz CT molecular complexity index is 3240. The summed E-state index contributed by atoms with van der Waals surface area (Å²) < 4.78 is 2.27. The van der Waals surface area contributed by atoms with Crippen molar-refractivity contribution < 1.29 is 0 Å². The van der Waals surface area contributed by atoms with Crippen molar-refractivity contribution in [2.24, 2.45) is 0 Å². The van der Waals surface area contributed by atoms with Crippen LogP contribution < -0.4 is 0 Å². The maximum absolute atomic E-state index is 5.08. The summed E-state index contributed by atoms with van der Waals surface area (Å²) in [5.41, 5.74) is 13.3. The van der Waals surface area contributed by atoms with E-state index in [9.17, 15) is 0 Å². The van der Waals surface area contributed by atoms with Crippen LogP contribution in [0.2, 0.25) is 0 Å². The van der Waals surface area contributed by atoms with Gasteiger partial charge in [0, 0.05) is 28.6 Å². The normalized spacial score (nSPS) is 11.5. The molecule has 2 aromatic heterocycles. The molecular weight excluding hydrogens is 691 g/mol. The number of pyridine rings is 1. The minimum atomic E-state index is 0.933. The van der Waals surface area contributed by atoms with Crippen LogP contribution in [0.5, 0.6) is 0 Å². The van der Waals surface area contributed by atoms with Crippen LogP contribution in [-0.4, -0.2) is 14.5 Å². The topological polar surface area (TPSA) is 30.7 Å². The molecule has 11 aromatic rings. The third kappa shape index (κ3) is 5.68. The monoisotopic (exact) mass is 725 g/mol. The number of fused-ring (bicyclic) bond motifs is 6. The number of aromatic nitrogens is 3. The van der Waals surface area contributed by atoms with E-state index in [2.05, 4.69) is 199 Å². The highest BCUT2D eigenvalue weighted by Gasteiger charge is 2.17. The van der Waals surface area contributed by atoms with Gasteiger partial charge in [-0.05, 0) is 103 Å². The van der Waals surface area contributed by atoms with Crippen molar-refractivity contribution in [3.63, 3.8) is 0 Å². The molecule has 0 amide bonds. The Morgan fingerprint density at radius 2 is 0.877 bits per heavy atom. The molecule has 0 radical (unpaired) electrons. The molecule has 11 rings (SSSR count). The SMILES string of the molecule is c1ccc(-c2ccc(-c3ccc(-c4cc5cc(-c6ccc(-n7c(-c8ccccc8)nc8ccccc87)cc6)c6ccccc6c5c5ccccc45)nc3)cc2)cc1. The highest BCUT2D eigenvalue weighted by molar-refractivity contribution is 6.25. The van der Waals surface area contributed by atoms with Gasteiger partial charge in [0.1, 0.15) is 5.82 Å². The van der Waals surface area contributed by atoms with Crippen LogP contribution in [0.25, 0.3) is 105 Å². The molecule has 0 N–H and O–H groups in total. The van der Waals surface area contributed by atoms with Gasteiger partial charge < -0.3 is 0 Å². The van der Waals surface area contributed by atoms with Gasteiger partial charge in [-0.1, -0.05) is 164 Å². The minimum Gasteiger partial charge on any atom is -0.292 e. The summed E-state index contributed by atoms with van der Waals surface area (Å²) in [5, 5.41) is 7.35. The molecule has 0 aliphatic rings. The summed E-state index contributed by atoms with van der Waals surface area (Å²) in [6.07, 6.45) is 2.01. The lowest BCUT2D eigenvalue weighted by Crippen LogP contribution is -1.97. The third-order valence-corrected chi connectivity index (χ3v) is 11.3. The fourth-order valence-corrected chi connectivity index (χ4v) is 8.50. The van der Waals surface area contributed by atoms with E-state index in [1.54, 1.807) is 0 Å². The fraction of sp³-hybridized carbons (Fsp3) is 0. The molecule has 0 atom stereocenters. The van der Waals surface area contributed by atoms with E-state index in [-0.39, 0.29) is 0 Å². The first-order valence-corrected chi connectivity index (χ1v) is 19.4. The molecule has 9 aromatic carbocycles. The summed E-state index contributed by atoms with van der Waals surface area (Å²) in [4.78, 5) is 10.1. The molecule has 0 fully saturated rings. The Morgan fingerprint density at radius 3 is 1.54 bits per heavy atom. The minimum absolute atomic E-state index is 0.933. The standard InChI is InChI=1S/C54H35N3/c1-3-13-36(14-4-1)37-23-25-38(26-24-37)41-29-32-50(55-35-41)49-34-42-33-48(44-17-7-9-19-46(44)53(42)47-20-10-8-18-45(47)49)39-27-30-43(31-28-39)57-52-22-12-11-21-51(52)56-54(57)40-15-5-2-6-16-40/h1-35H. The van der Waals surface area contributed by atoms with Gasteiger partial charge in [-0.2, -0.15) is 0 Å². The van der Waals surface area contributed by atoms with E-state index in [1.165, 1.54) is 49.0 Å². The zero-order valence-corrected chi connectivity index (χ0v) is 31.0. The number of rotatable bonds is 6. The Balaban J connectivity index is 1.02. The van der Waals surface area contributed by atoms with Crippen molar-refractivity contribution in [2.75, 3.05) is 0 Å². The smallest absolute Gasteiger partial charge is 0.145 e. The Labute approximate surface area is 330 Å². The molecule has 0 aliphatic heterocycles. The molecule has 0 unspecified atom stereocenters. The average molecular weight is 726 g/mol. The number of benzene rings is 9. The van der Waals surface area contributed by atoms with Gasteiger partial charge in [0.15, 0.2) is 0 Å². The maximum atomic E-state index is 5.08. The van der Waals surface area contributed by atoms with Crippen LogP contribution in [0.15, 0.2) is 212 Å². The molecule has 0 aliphatic carbocycles. The van der Waals surface area contributed by atoms with Gasteiger partial charge in [0.25, 0.3) is 0 Å². The molecule has 57 heavy (non-hydrogen) atoms. The van der Waals surface area contributed by atoms with Crippen LogP contribution in [0.4, 0.5) is 0 Å². The molecule has 2 heterocycles. The van der Waals surface area contributed by atoms with E-state index >= 15 is 0 Å². The summed E-state index contributed by atoms with van der Waals surface area (Å²) >= 11 is 0. The van der Waals surface area contributed by atoms with Crippen molar-refractivity contribution in [3.05, 3.63) is 212 Å². The lowest BCUT2D eigenvalue weighted by molar-refractivity contribution is 1.10. The number of hydrogen-bond donors (Lipinski definition) is 0. The van der Waals surface area contributed by atoms with Crippen LogP contribution in [0.1, 0.15) is 0 Å². The highest BCUT2D eigenvalue weighted by Crippen LogP contribution is 2.42. The van der Waals surface area contributed by atoms with Gasteiger partial charge in [-0.3, -0.25) is 9.55 Å². The second-order valence-electron chi connectivity index (χ2n) is 14.6. The van der Waals surface area contributed by atoms with E-state index < -0.39 is 0 Å². The molecule has 0 spiro atoms. The number of imidazole rings is 1. The number of para-hydroxylation sites is 2. The van der Waals surface area contributed by atoms with Crippen LogP contribution >= 0.6 is 0 Å². The summed E-state index contributed by atoms with van der Waals surface area (Å²) in [6, 6.07) is 73.6. The fourth-order valence-electron chi connectivity index (χ4n) is 8.50. The van der Waals surface area contributed by atoms with Crippen molar-refractivity contribution in [3.8, 4) is 61.7 Å². The Hall–Kier alpha value is -7.62. The average Bonchev–Trinajstić information content (AvgIpc) is 3.69. The van der Waals surface area contributed by atoms with Crippen LogP contribution in [0.3, 0.4) is 0 Å². The largest absolute Gasteiger partial charge is 0.292 e. The van der Waals surface area contributed by atoms with E-state index in [4.69, 9.17) is 9.97 Å². The third-order valence-electron chi connectivity index (χ3n) is 11.3. The molecule has 0 saturated carbocycles. The molecule has 0 bridgehead atoms. The predicted molar refractivity (Wildman–Crippen MR) is 239 cm³/mol.